The molecule has 17 heteroatoms. The Labute approximate surface area is 246 Å². The summed E-state index contributed by atoms with van der Waals surface area (Å²) in [7, 11) is 0. The molecule has 0 unspecified atom stereocenters. The average Bonchev–Trinajstić information content (AvgIpc) is 2.98. The third-order valence-electron chi connectivity index (χ3n) is 7.35. The minimum atomic E-state index is -2.04. The summed E-state index contributed by atoms with van der Waals surface area (Å²) in [6.45, 7) is -1.67. The van der Waals surface area contributed by atoms with E-state index in [2.05, 4.69) is 0 Å². The van der Waals surface area contributed by atoms with Crippen LogP contribution in [-0.2, 0) is 14.2 Å². The van der Waals surface area contributed by atoms with Crippen LogP contribution < -0.4 is 10.2 Å². The van der Waals surface area contributed by atoms with Crippen molar-refractivity contribution < 1.29 is 79.5 Å². The fourth-order valence-corrected chi connectivity index (χ4v) is 5.00. The lowest BCUT2D eigenvalue weighted by Gasteiger charge is -2.45. The van der Waals surface area contributed by atoms with E-state index in [0.29, 0.717) is 0 Å². The van der Waals surface area contributed by atoms with Crippen molar-refractivity contribution in [2.45, 2.75) is 61.4 Å². The number of phenols is 4. The maximum atomic E-state index is 13.6. The minimum absolute atomic E-state index is 0.0504. The number of aliphatic hydroxyl groups excluding tert-OH is 7. The van der Waals surface area contributed by atoms with Crippen LogP contribution in [-0.4, -0.2) is 131 Å². The van der Waals surface area contributed by atoms with E-state index < -0.39 is 120 Å². The zero-order valence-corrected chi connectivity index (χ0v) is 22.4. The van der Waals surface area contributed by atoms with E-state index in [9.17, 15) is 61.0 Å². The minimum Gasteiger partial charge on any atom is -0.508 e. The van der Waals surface area contributed by atoms with Gasteiger partial charge in [0.25, 0.3) is 0 Å². The van der Waals surface area contributed by atoms with Gasteiger partial charge >= 0.3 is 0 Å². The predicted octanol–water partition coefficient (Wildman–Crippen LogP) is -2.71. The smallest absolute Gasteiger partial charge is 0.239 e. The molecule has 2 aliphatic heterocycles. The van der Waals surface area contributed by atoms with E-state index in [1.807, 2.05) is 0 Å². The number of phenolic OH excluding ortho intramolecular Hbond substituents is 4. The van der Waals surface area contributed by atoms with E-state index in [0.717, 1.165) is 24.3 Å². The van der Waals surface area contributed by atoms with Crippen LogP contribution in [0.25, 0.3) is 22.3 Å². The largest absolute Gasteiger partial charge is 0.508 e. The lowest BCUT2D eigenvalue weighted by molar-refractivity contribution is -0.352. The molecule has 3 aromatic rings. The molecular weight excluding hydrogens is 596 g/mol. The van der Waals surface area contributed by atoms with Gasteiger partial charge in [-0.2, -0.15) is 0 Å². The number of benzene rings is 2. The van der Waals surface area contributed by atoms with Crippen molar-refractivity contribution in [2.24, 2.45) is 0 Å². The second-order valence-corrected chi connectivity index (χ2v) is 10.3. The molecule has 10 atom stereocenters. The molecule has 2 saturated heterocycles. The molecule has 3 heterocycles. The Morgan fingerprint density at radius 2 is 1.36 bits per heavy atom. The highest BCUT2D eigenvalue weighted by molar-refractivity contribution is 5.88. The van der Waals surface area contributed by atoms with Crippen molar-refractivity contribution in [3.63, 3.8) is 0 Å². The van der Waals surface area contributed by atoms with Gasteiger partial charge in [-0.05, 0) is 18.2 Å². The Morgan fingerprint density at radius 3 is 2.02 bits per heavy atom. The van der Waals surface area contributed by atoms with Crippen LogP contribution in [0, 0.1) is 0 Å². The maximum absolute atomic E-state index is 13.6. The SMILES string of the molecule is O=c1c(O[C@@H]2O[C@H](CO)[C@H](O[C@@H]3O[C@H](CO)[C@@H](O)[C@H](O)[C@H]3O)[C@@H](O)[C@H]2O)c(-c2ccc(O)c(O)c2)oc2cc(O)cc(O)c12. The summed E-state index contributed by atoms with van der Waals surface area (Å²) >= 11 is 0. The van der Waals surface area contributed by atoms with Gasteiger partial charge < -0.3 is 79.5 Å². The summed E-state index contributed by atoms with van der Waals surface area (Å²) in [6.07, 6.45) is -17.7. The summed E-state index contributed by atoms with van der Waals surface area (Å²) in [6, 6.07) is 5.17. The molecule has 240 valence electrons. The number of ether oxygens (including phenoxy) is 4. The van der Waals surface area contributed by atoms with Crippen LogP contribution >= 0.6 is 0 Å². The molecule has 0 saturated carbocycles. The first kappa shape index (κ1) is 31.7. The van der Waals surface area contributed by atoms with Gasteiger partial charge in [-0.1, -0.05) is 0 Å². The molecule has 0 radical (unpaired) electrons. The molecule has 5 rings (SSSR count). The van der Waals surface area contributed by atoms with E-state index >= 15 is 0 Å². The van der Waals surface area contributed by atoms with Gasteiger partial charge in [0.15, 0.2) is 23.5 Å². The normalized spacial score (nSPS) is 32.5. The number of hydrogen-bond acceptors (Lipinski definition) is 17. The lowest BCUT2D eigenvalue weighted by Crippen LogP contribution is -2.65. The molecule has 0 amide bonds. The molecule has 17 nitrogen and oxygen atoms in total. The topological polar surface area (TPSA) is 290 Å². The fraction of sp³-hybridized carbons (Fsp3) is 0.444. The lowest BCUT2D eigenvalue weighted by atomic mass is 9.97. The van der Waals surface area contributed by atoms with Crippen molar-refractivity contribution in [2.75, 3.05) is 13.2 Å². The first-order valence-corrected chi connectivity index (χ1v) is 13.2. The van der Waals surface area contributed by atoms with Crippen LogP contribution in [0.3, 0.4) is 0 Å². The van der Waals surface area contributed by atoms with Gasteiger partial charge in [0.1, 0.15) is 71.3 Å². The zero-order chi connectivity index (χ0) is 32.0. The van der Waals surface area contributed by atoms with Gasteiger partial charge in [0.2, 0.25) is 17.5 Å². The summed E-state index contributed by atoms with van der Waals surface area (Å²) in [5.74, 6) is -3.44. The molecule has 2 aromatic carbocycles. The molecule has 1 aromatic heterocycles. The molecule has 0 aliphatic carbocycles. The van der Waals surface area contributed by atoms with Crippen molar-refractivity contribution in [3.8, 4) is 40.1 Å². The van der Waals surface area contributed by atoms with Crippen LogP contribution in [0.4, 0.5) is 0 Å². The van der Waals surface area contributed by atoms with Gasteiger partial charge in [-0.15, -0.1) is 0 Å². The zero-order valence-electron chi connectivity index (χ0n) is 22.4. The molecule has 11 N–H and O–H groups in total. The Kier molecular flexibility index (Phi) is 8.87. The monoisotopic (exact) mass is 626 g/mol. The molecule has 44 heavy (non-hydrogen) atoms. The second-order valence-electron chi connectivity index (χ2n) is 10.3. The van der Waals surface area contributed by atoms with Gasteiger partial charge in [-0.3, -0.25) is 4.79 Å². The summed E-state index contributed by atoms with van der Waals surface area (Å²) < 4.78 is 27.8. The maximum Gasteiger partial charge on any atom is 0.239 e. The van der Waals surface area contributed by atoms with E-state index in [1.54, 1.807) is 0 Å². The quantitative estimate of drug-likeness (QED) is 0.119. The first-order chi connectivity index (χ1) is 20.9. The van der Waals surface area contributed by atoms with Crippen molar-refractivity contribution in [3.05, 3.63) is 40.6 Å². The number of fused-ring (bicyclic) bond motifs is 1. The highest BCUT2D eigenvalue weighted by Gasteiger charge is 2.51. The standard InChI is InChI=1S/C27H30O17/c28-6-14-17(34)19(36)21(38)26(41-14)43-24-15(7-29)42-27(22(39)20(24)37)44-25-18(35)16-12(33)4-9(30)5-13(16)40-23(25)8-1-2-10(31)11(32)3-8/h1-5,14-15,17,19-22,24,26-34,36-39H,6-7H2/t14-,15-,17-,19+,20+,21-,22-,24+,26+,27+/m1/s1. The number of rotatable bonds is 7. The average molecular weight is 627 g/mol. The number of hydrogen-bond donors (Lipinski definition) is 11. The first-order valence-electron chi connectivity index (χ1n) is 13.2. The number of aromatic hydroxyl groups is 4. The summed E-state index contributed by atoms with van der Waals surface area (Å²) in [5, 5.41) is 111. The van der Waals surface area contributed by atoms with Crippen molar-refractivity contribution in [1.82, 2.24) is 0 Å². The van der Waals surface area contributed by atoms with Gasteiger partial charge in [0.05, 0.1) is 13.2 Å². The van der Waals surface area contributed by atoms with E-state index in [1.165, 1.54) is 6.07 Å². The van der Waals surface area contributed by atoms with E-state index in [4.69, 9.17) is 23.4 Å². The molecule has 2 aliphatic rings. The predicted molar refractivity (Wildman–Crippen MR) is 142 cm³/mol. The summed E-state index contributed by atoms with van der Waals surface area (Å²) in [4.78, 5) is 13.6. The van der Waals surface area contributed by atoms with Crippen molar-refractivity contribution in [1.29, 1.82) is 0 Å². The second kappa shape index (κ2) is 12.3. The fourth-order valence-electron chi connectivity index (χ4n) is 5.00. The third kappa shape index (κ3) is 5.61. The highest BCUT2D eigenvalue weighted by atomic mass is 16.7. The van der Waals surface area contributed by atoms with Crippen LogP contribution in [0.5, 0.6) is 28.7 Å². The Morgan fingerprint density at radius 1 is 0.705 bits per heavy atom. The van der Waals surface area contributed by atoms with Crippen LogP contribution in [0.2, 0.25) is 0 Å². The van der Waals surface area contributed by atoms with E-state index in [-0.39, 0.29) is 11.1 Å². The molecule has 0 spiro atoms. The third-order valence-corrected chi connectivity index (χ3v) is 7.35. The molecule has 2 fully saturated rings. The van der Waals surface area contributed by atoms with Gasteiger partial charge in [0, 0.05) is 17.7 Å². The Bertz CT molecular complexity index is 1550. The highest BCUT2D eigenvalue weighted by Crippen LogP contribution is 2.39. The summed E-state index contributed by atoms with van der Waals surface area (Å²) in [5.41, 5.74) is -1.41. The Hall–Kier alpha value is -3.75. The van der Waals surface area contributed by atoms with Gasteiger partial charge in [-0.25, -0.2) is 0 Å². The van der Waals surface area contributed by atoms with Crippen LogP contribution in [0.1, 0.15) is 0 Å². The molecular formula is C27H30O17. The number of aliphatic hydroxyl groups is 7. The Balaban J connectivity index is 1.49. The van der Waals surface area contributed by atoms with Crippen molar-refractivity contribution >= 4 is 11.0 Å². The van der Waals surface area contributed by atoms with Crippen LogP contribution in [0.15, 0.2) is 39.5 Å². The molecule has 0 bridgehead atoms.